The molecule has 1 aromatic rings. The summed E-state index contributed by atoms with van der Waals surface area (Å²) >= 11 is 0. The molecule has 0 amide bonds. The first-order valence-electron chi connectivity index (χ1n) is 5.96. The van der Waals surface area contributed by atoms with Crippen molar-refractivity contribution in [3.8, 4) is 0 Å². The number of hydrogen-bond donors (Lipinski definition) is 0. The van der Waals surface area contributed by atoms with Gasteiger partial charge in [-0.25, -0.2) is 9.13 Å². The number of unbranched alkanes of at least 4 members (excludes halogenated alkanes) is 2. The van der Waals surface area contributed by atoms with E-state index < -0.39 is 0 Å². The maximum Gasteiger partial charge on any atom is 0.243 e. The standard InChI is InChI=1S/C12H21N2/c1-2-3-4-8-13-9-10-14(11-13)12-6-5-7-12/h9-12H,2-8H2,1H3/q+1. The molecule has 1 aromatic heterocycles. The van der Waals surface area contributed by atoms with Crippen molar-refractivity contribution in [2.75, 3.05) is 0 Å². The summed E-state index contributed by atoms with van der Waals surface area (Å²) in [4.78, 5) is 0. The molecular formula is C12H21N2+. The molecule has 1 aliphatic carbocycles. The Labute approximate surface area is 86.6 Å². The van der Waals surface area contributed by atoms with E-state index in [1.165, 1.54) is 45.1 Å². The topological polar surface area (TPSA) is 8.81 Å². The molecule has 1 saturated carbocycles. The Bertz CT molecular complexity index is 274. The second-order valence-corrected chi connectivity index (χ2v) is 4.39. The van der Waals surface area contributed by atoms with Crippen LogP contribution in [0.5, 0.6) is 0 Å². The average Bonchev–Trinajstić information content (AvgIpc) is 2.51. The van der Waals surface area contributed by atoms with Crippen LogP contribution < -0.4 is 4.57 Å². The van der Waals surface area contributed by atoms with Crippen LogP contribution in [0.3, 0.4) is 0 Å². The van der Waals surface area contributed by atoms with E-state index in [1.54, 1.807) is 0 Å². The molecule has 0 saturated heterocycles. The van der Waals surface area contributed by atoms with Gasteiger partial charge in [-0.05, 0) is 32.1 Å². The molecule has 1 fully saturated rings. The lowest BCUT2D eigenvalue weighted by Crippen LogP contribution is -2.31. The van der Waals surface area contributed by atoms with Crippen LogP contribution in [0.2, 0.25) is 0 Å². The van der Waals surface area contributed by atoms with Crippen molar-refractivity contribution < 1.29 is 4.57 Å². The molecule has 0 unspecified atom stereocenters. The van der Waals surface area contributed by atoms with Gasteiger partial charge >= 0.3 is 0 Å². The highest BCUT2D eigenvalue weighted by molar-refractivity contribution is 4.80. The Morgan fingerprint density at radius 1 is 1.36 bits per heavy atom. The van der Waals surface area contributed by atoms with Crippen LogP contribution in [-0.2, 0) is 6.54 Å². The maximum absolute atomic E-state index is 2.38. The Morgan fingerprint density at radius 3 is 2.86 bits per heavy atom. The molecule has 0 bridgehead atoms. The second kappa shape index (κ2) is 4.63. The SMILES string of the molecule is CCCCC[n+]1ccn(C2CCC2)c1. The summed E-state index contributed by atoms with van der Waals surface area (Å²) in [6.07, 6.45) is 14.9. The minimum atomic E-state index is 0.808. The molecule has 0 atom stereocenters. The molecule has 2 heteroatoms. The van der Waals surface area contributed by atoms with E-state index in [-0.39, 0.29) is 0 Å². The quantitative estimate of drug-likeness (QED) is 0.502. The van der Waals surface area contributed by atoms with E-state index in [0.717, 1.165) is 6.04 Å². The van der Waals surface area contributed by atoms with Gasteiger partial charge in [0, 0.05) is 0 Å². The van der Waals surface area contributed by atoms with Gasteiger partial charge in [0.1, 0.15) is 18.4 Å². The van der Waals surface area contributed by atoms with Gasteiger partial charge in [0.25, 0.3) is 0 Å². The lowest BCUT2D eigenvalue weighted by Gasteiger charge is -2.21. The fourth-order valence-corrected chi connectivity index (χ4v) is 1.99. The number of rotatable bonds is 5. The third-order valence-electron chi connectivity index (χ3n) is 3.23. The van der Waals surface area contributed by atoms with E-state index >= 15 is 0 Å². The lowest BCUT2D eigenvalue weighted by molar-refractivity contribution is -0.697. The molecule has 1 aliphatic rings. The van der Waals surface area contributed by atoms with Crippen molar-refractivity contribution in [3.63, 3.8) is 0 Å². The van der Waals surface area contributed by atoms with Gasteiger partial charge in [0.2, 0.25) is 6.33 Å². The smallest absolute Gasteiger partial charge is 0.237 e. The Morgan fingerprint density at radius 2 is 2.21 bits per heavy atom. The van der Waals surface area contributed by atoms with Gasteiger partial charge in [-0.3, -0.25) is 0 Å². The predicted molar refractivity (Wildman–Crippen MR) is 57.0 cm³/mol. The number of hydrogen-bond acceptors (Lipinski definition) is 0. The molecule has 14 heavy (non-hydrogen) atoms. The molecule has 78 valence electrons. The minimum Gasteiger partial charge on any atom is -0.237 e. The zero-order valence-corrected chi connectivity index (χ0v) is 9.15. The summed E-state index contributed by atoms with van der Waals surface area (Å²) in [5.74, 6) is 0. The molecule has 2 rings (SSSR count). The van der Waals surface area contributed by atoms with Crippen LogP contribution in [0.15, 0.2) is 18.7 Å². The molecule has 0 radical (unpaired) electrons. The molecule has 0 aromatic carbocycles. The molecule has 0 N–H and O–H groups in total. The first kappa shape index (κ1) is 9.75. The summed E-state index contributed by atoms with van der Waals surface area (Å²) in [7, 11) is 0. The van der Waals surface area contributed by atoms with Gasteiger partial charge < -0.3 is 0 Å². The highest BCUT2D eigenvalue weighted by Crippen LogP contribution is 2.30. The molecule has 1 heterocycles. The van der Waals surface area contributed by atoms with Crippen LogP contribution >= 0.6 is 0 Å². The van der Waals surface area contributed by atoms with Crippen molar-refractivity contribution in [1.29, 1.82) is 0 Å². The van der Waals surface area contributed by atoms with Gasteiger partial charge in [-0.15, -0.1) is 0 Å². The number of aryl methyl sites for hydroxylation is 1. The van der Waals surface area contributed by atoms with Crippen LogP contribution in [0, 0.1) is 0 Å². The summed E-state index contributed by atoms with van der Waals surface area (Å²) in [6.45, 7) is 3.44. The van der Waals surface area contributed by atoms with Crippen molar-refractivity contribution in [2.24, 2.45) is 0 Å². The normalized spacial score (nSPS) is 16.9. The van der Waals surface area contributed by atoms with Crippen LogP contribution in [0.1, 0.15) is 51.5 Å². The van der Waals surface area contributed by atoms with Crippen molar-refractivity contribution in [2.45, 2.75) is 58.0 Å². The van der Waals surface area contributed by atoms with Crippen molar-refractivity contribution >= 4 is 0 Å². The molecule has 0 aliphatic heterocycles. The van der Waals surface area contributed by atoms with Gasteiger partial charge in [0.05, 0.1) is 6.54 Å². The highest BCUT2D eigenvalue weighted by atomic mass is 15.1. The second-order valence-electron chi connectivity index (χ2n) is 4.39. The zero-order chi connectivity index (χ0) is 9.80. The molecular weight excluding hydrogens is 172 g/mol. The fourth-order valence-electron chi connectivity index (χ4n) is 1.99. The molecule has 2 nitrogen and oxygen atoms in total. The lowest BCUT2D eigenvalue weighted by atomic mass is 9.93. The Hall–Kier alpha value is -0.790. The van der Waals surface area contributed by atoms with Crippen molar-refractivity contribution in [3.05, 3.63) is 18.7 Å². The average molecular weight is 193 g/mol. The summed E-state index contributed by atoms with van der Waals surface area (Å²) in [6, 6.07) is 0.808. The van der Waals surface area contributed by atoms with Gasteiger partial charge in [-0.1, -0.05) is 13.3 Å². The fraction of sp³-hybridized carbons (Fsp3) is 0.750. The summed E-state index contributed by atoms with van der Waals surface area (Å²) < 4.78 is 4.71. The summed E-state index contributed by atoms with van der Waals surface area (Å²) in [5, 5.41) is 0. The highest BCUT2D eigenvalue weighted by Gasteiger charge is 2.23. The predicted octanol–water partition coefficient (Wildman–Crippen LogP) is 2.69. The monoisotopic (exact) mass is 193 g/mol. The third kappa shape index (κ3) is 2.17. The van der Waals surface area contributed by atoms with Gasteiger partial charge in [-0.2, -0.15) is 0 Å². The van der Waals surface area contributed by atoms with E-state index in [2.05, 4.69) is 34.8 Å². The molecule has 0 spiro atoms. The number of nitrogens with zero attached hydrogens (tertiary/aromatic N) is 2. The zero-order valence-electron chi connectivity index (χ0n) is 9.15. The largest absolute Gasteiger partial charge is 0.243 e. The summed E-state index contributed by atoms with van der Waals surface area (Å²) in [5.41, 5.74) is 0. The van der Waals surface area contributed by atoms with E-state index in [0.29, 0.717) is 0 Å². The van der Waals surface area contributed by atoms with Crippen LogP contribution in [0.4, 0.5) is 0 Å². The number of imidazole rings is 1. The van der Waals surface area contributed by atoms with E-state index in [4.69, 9.17) is 0 Å². The maximum atomic E-state index is 2.38. The third-order valence-corrected chi connectivity index (χ3v) is 3.23. The Kier molecular flexibility index (Phi) is 3.22. The number of aromatic nitrogens is 2. The Balaban J connectivity index is 1.83. The van der Waals surface area contributed by atoms with Crippen molar-refractivity contribution in [1.82, 2.24) is 4.57 Å². The first-order valence-corrected chi connectivity index (χ1v) is 5.96. The van der Waals surface area contributed by atoms with E-state index in [9.17, 15) is 0 Å². The van der Waals surface area contributed by atoms with Gasteiger partial charge in [0.15, 0.2) is 0 Å². The van der Waals surface area contributed by atoms with E-state index in [1.807, 2.05) is 0 Å². The first-order chi connectivity index (χ1) is 6.90. The van der Waals surface area contributed by atoms with Crippen LogP contribution in [0.25, 0.3) is 0 Å². The van der Waals surface area contributed by atoms with Crippen LogP contribution in [-0.4, -0.2) is 4.57 Å². The minimum absolute atomic E-state index is 0.808.